The fourth-order valence-electron chi connectivity index (χ4n) is 1.85. The maximum atomic E-state index is 11.0. The second kappa shape index (κ2) is 2.84. The van der Waals surface area contributed by atoms with Crippen LogP contribution in [0.4, 0.5) is 0 Å². The Kier molecular flexibility index (Phi) is 1.80. The van der Waals surface area contributed by atoms with Crippen LogP contribution in [-0.2, 0) is 16.6 Å². The van der Waals surface area contributed by atoms with E-state index in [-0.39, 0.29) is 0 Å². The summed E-state index contributed by atoms with van der Waals surface area (Å²) in [4.78, 5) is 11.0. The van der Waals surface area contributed by atoms with Gasteiger partial charge in [0.25, 0.3) is 0 Å². The van der Waals surface area contributed by atoms with Gasteiger partial charge in [0, 0.05) is 0 Å². The molecular weight excluding hydrogens is 160 g/mol. The van der Waals surface area contributed by atoms with E-state index >= 15 is 0 Å². The van der Waals surface area contributed by atoms with Gasteiger partial charge in [0.15, 0.2) is 0 Å². The topological polar surface area (TPSA) is 17.1 Å². The largest absolute Gasteiger partial charge is 0.302 e. The molecule has 0 N–H and O–H groups in total. The van der Waals surface area contributed by atoms with Crippen LogP contribution < -0.4 is 0 Å². The Morgan fingerprint density at radius 1 is 1.38 bits per heavy atom. The number of rotatable bonds is 1. The molecule has 66 valence electrons. The second-order valence-corrected chi connectivity index (χ2v) is 3.66. The lowest BCUT2D eigenvalue weighted by molar-refractivity contribution is -0.110. The number of allylic oxidation sites excluding steroid dienone is 2. The van der Waals surface area contributed by atoms with E-state index in [0.717, 1.165) is 18.3 Å². The van der Waals surface area contributed by atoms with Gasteiger partial charge in [-0.25, -0.2) is 0 Å². The Bertz CT molecular complexity index is 365. The van der Waals surface area contributed by atoms with Crippen molar-refractivity contribution in [1.29, 1.82) is 0 Å². The average molecular weight is 172 g/mol. The van der Waals surface area contributed by atoms with E-state index in [1.807, 2.05) is 31.2 Å². The Balaban J connectivity index is 2.60. The minimum absolute atomic E-state index is 0.408. The lowest BCUT2D eigenvalue weighted by atomic mass is 9.77. The minimum Gasteiger partial charge on any atom is -0.302 e. The molecule has 1 aliphatic rings. The molecule has 1 aliphatic carbocycles. The lowest BCUT2D eigenvalue weighted by Gasteiger charge is -2.25. The van der Waals surface area contributed by atoms with Gasteiger partial charge in [-0.3, -0.25) is 0 Å². The van der Waals surface area contributed by atoms with Gasteiger partial charge in [0.05, 0.1) is 5.41 Å². The van der Waals surface area contributed by atoms with Crippen molar-refractivity contribution in [2.75, 3.05) is 0 Å². The number of hydrogen-bond acceptors (Lipinski definition) is 1. The van der Waals surface area contributed by atoms with E-state index in [2.05, 4.69) is 12.1 Å². The van der Waals surface area contributed by atoms with Crippen LogP contribution in [0.2, 0.25) is 0 Å². The molecular formula is C12H12O. The van der Waals surface area contributed by atoms with E-state index in [1.165, 1.54) is 5.56 Å². The van der Waals surface area contributed by atoms with Gasteiger partial charge in [0.2, 0.25) is 0 Å². The number of fused-ring (bicyclic) bond motifs is 1. The van der Waals surface area contributed by atoms with Gasteiger partial charge in [-0.05, 0) is 24.5 Å². The maximum absolute atomic E-state index is 11.0. The Morgan fingerprint density at radius 3 is 2.92 bits per heavy atom. The smallest absolute Gasteiger partial charge is 0.134 e. The van der Waals surface area contributed by atoms with Crippen molar-refractivity contribution in [3.8, 4) is 0 Å². The first-order chi connectivity index (χ1) is 6.26. The standard InChI is InChI=1S/C12H12O/c1-12(9-13)8-4-6-10-5-2-3-7-11(10)12/h2-5,7-9H,6H2,1H3. The average Bonchev–Trinajstić information content (AvgIpc) is 2.19. The van der Waals surface area contributed by atoms with Crippen LogP contribution in [0.3, 0.4) is 0 Å². The van der Waals surface area contributed by atoms with E-state index in [4.69, 9.17) is 0 Å². The zero-order valence-electron chi connectivity index (χ0n) is 7.66. The first-order valence-corrected chi connectivity index (χ1v) is 4.49. The molecule has 0 saturated heterocycles. The molecule has 1 atom stereocenters. The van der Waals surface area contributed by atoms with E-state index in [1.54, 1.807) is 0 Å². The molecule has 1 nitrogen and oxygen atoms in total. The van der Waals surface area contributed by atoms with Crippen LogP contribution in [0, 0.1) is 0 Å². The molecule has 0 amide bonds. The van der Waals surface area contributed by atoms with Crippen molar-refractivity contribution < 1.29 is 4.79 Å². The van der Waals surface area contributed by atoms with E-state index < -0.39 is 5.41 Å². The summed E-state index contributed by atoms with van der Waals surface area (Å²) in [5.74, 6) is 0. The fraction of sp³-hybridized carbons (Fsp3) is 0.250. The highest BCUT2D eigenvalue weighted by atomic mass is 16.1. The third kappa shape index (κ3) is 1.21. The van der Waals surface area contributed by atoms with Gasteiger partial charge in [-0.15, -0.1) is 0 Å². The van der Waals surface area contributed by atoms with Crippen molar-refractivity contribution in [1.82, 2.24) is 0 Å². The number of carbonyl (C=O) groups is 1. The van der Waals surface area contributed by atoms with Crippen LogP contribution in [0.1, 0.15) is 18.1 Å². The van der Waals surface area contributed by atoms with Crippen molar-refractivity contribution in [2.24, 2.45) is 0 Å². The number of benzene rings is 1. The summed E-state index contributed by atoms with van der Waals surface area (Å²) in [6, 6.07) is 8.12. The van der Waals surface area contributed by atoms with Gasteiger partial charge in [0.1, 0.15) is 6.29 Å². The molecule has 0 radical (unpaired) electrons. The van der Waals surface area contributed by atoms with Crippen LogP contribution >= 0.6 is 0 Å². The molecule has 13 heavy (non-hydrogen) atoms. The summed E-state index contributed by atoms with van der Waals surface area (Å²) in [7, 11) is 0. The normalized spacial score (nSPS) is 25.3. The number of aldehydes is 1. The summed E-state index contributed by atoms with van der Waals surface area (Å²) in [5, 5.41) is 0. The summed E-state index contributed by atoms with van der Waals surface area (Å²) in [5.41, 5.74) is 2.00. The summed E-state index contributed by atoms with van der Waals surface area (Å²) in [6.07, 6.45) is 6.01. The molecule has 0 fully saturated rings. The van der Waals surface area contributed by atoms with E-state index in [0.29, 0.717) is 0 Å². The summed E-state index contributed by atoms with van der Waals surface area (Å²) in [6.45, 7) is 1.95. The zero-order valence-corrected chi connectivity index (χ0v) is 7.66. The quantitative estimate of drug-likeness (QED) is 0.469. The Labute approximate surface area is 78.1 Å². The predicted molar refractivity (Wildman–Crippen MR) is 52.7 cm³/mol. The summed E-state index contributed by atoms with van der Waals surface area (Å²) < 4.78 is 0. The Morgan fingerprint density at radius 2 is 2.15 bits per heavy atom. The number of hydrogen-bond donors (Lipinski definition) is 0. The molecule has 0 aliphatic heterocycles. The summed E-state index contributed by atoms with van der Waals surface area (Å²) >= 11 is 0. The molecule has 0 bridgehead atoms. The van der Waals surface area contributed by atoms with E-state index in [9.17, 15) is 4.79 Å². The number of carbonyl (C=O) groups excluding carboxylic acids is 1. The molecule has 0 heterocycles. The molecule has 0 saturated carbocycles. The van der Waals surface area contributed by atoms with Crippen LogP contribution in [0.5, 0.6) is 0 Å². The van der Waals surface area contributed by atoms with Gasteiger partial charge in [-0.2, -0.15) is 0 Å². The molecule has 0 spiro atoms. The molecule has 1 aromatic rings. The predicted octanol–water partition coefficient (Wildman–Crippen LogP) is 2.26. The second-order valence-electron chi connectivity index (χ2n) is 3.66. The monoisotopic (exact) mass is 172 g/mol. The molecule has 0 aromatic heterocycles. The fourth-order valence-corrected chi connectivity index (χ4v) is 1.85. The molecule has 1 unspecified atom stereocenters. The first kappa shape index (κ1) is 8.24. The van der Waals surface area contributed by atoms with Crippen molar-refractivity contribution in [2.45, 2.75) is 18.8 Å². The third-order valence-corrected chi connectivity index (χ3v) is 2.64. The molecule has 1 aromatic carbocycles. The van der Waals surface area contributed by atoms with Crippen molar-refractivity contribution in [3.63, 3.8) is 0 Å². The highest BCUT2D eigenvalue weighted by Gasteiger charge is 2.27. The molecule has 1 heteroatoms. The minimum atomic E-state index is -0.408. The van der Waals surface area contributed by atoms with Gasteiger partial charge < -0.3 is 4.79 Å². The highest BCUT2D eigenvalue weighted by molar-refractivity contribution is 5.73. The third-order valence-electron chi connectivity index (χ3n) is 2.64. The zero-order chi connectivity index (χ0) is 9.31. The maximum Gasteiger partial charge on any atom is 0.134 e. The van der Waals surface area contributed by atoms with Crippen LogP contribution in [0.25, 0.3) is 0 Å². The lowest BCUT2D eigenvalue weighted by Crippen LogP contribution is -2.24. The Hall–Kier alpha value is -1.37. The van der Waals surface area contributed by atoms with Crippen molar-refractivity contribution in [3.05, 3.63) is 47.5 Å². The highest BCUT2D eigenvalue weighted by Crippen LogP contribution is 2.30. The van der Waals surface area contributed by atoms with Gasteiger partial charge in [-0.1, -0.05) is 36.4 Å². The van der Waals surface area contributed by atoms with Crippen LogP contribution in [0.15, 0.2) is 36.4 Å². The van der Waals surface area contributed by atoms with Crippen molar-refractivity contribution >= 4 is 6.29 Å². The molecule has 2 rings (SSSR count). The van der Waals surface area contributed by atoms with Gasteiger partial charge >= 0.3 is 0 Å². The SMILES string of the molecule is CC1(C=O)C=CCc2ccccc21. The van der Waals surface area contributed by atoms with Crippen LogP contribution in [-0.4, -0.2) is 6.29 Å². The first-order valence-electron chi connectivity index (χ1n) is 4.49.